The zero-order valence-corrected chi connectivity index (χ0v) is 15.3. The molecular weight excluding hydrogens is 368 g/mol. The van der Waals surface area contributed by atoms with E-state index in [0.717, 1.165) is 48.0 Å². The third kappa shape index (κ3) is 3.78. The average Bonchev–Trinajstić information content (AvgIpc) is 2.87. The molecule has 0 radical (unpaired) electrons. The Bertz CT molecular complexity index is 703. The Kier molecular flexibility index (Phi) is 5.51. The third-order valence-corrected chi connectivity index (χ3v) is 4.90. The van der Waals surface area contributed by atoms with Gasteiger partial charge in [0.25, 0.3) is 5.91 Å². The van der Waals surface area contributed by atoms with E-state index in [-0.39, 0.29) is 11.9 Å². The van der Waals surface area contributed by atoms with Crippen LogP contribution >= 0.6 is 15.9 Å². The van der Waals surface area contributed by atoms with E-state index >= 15 is 0 Å². The number of ether oxygens (including phenoxy) is 1. The van der Waals surface area contributed by atoms with Gasteiger partial charge >= 0.3 is 0 Å². The van der Waals surface area contributed by atoms with Crippen LogP contribution in [0.3, 0.4) is 0 Å². The summed E-state index contributed by atoms with van der Waals surface area (Å²) >= 11 is 3.40. The average molecular weight is 389 g/mol. The number of amides is 1. The molecule has 0 aliphatic carbocycles. The Morgan fingerprint density at radius 1 is 1.21 bits per heavy atom. The number of pyridine rings is 1. The van der Waals surface area contributed by atoms with Crippen molar-refractivity contribution >= 4 is 21.8 Å². The summed E-state index contributed by atoms with van der Waals surface area (Å²) in [6, 6.07) is 9.99. The molecule has 0 bridgehead atoms. The fourth-order valence-electron chi connectivity index (χ4n) is 3.22. The summed E-state index contributed by atoms with van der Waals surface area (Å²) in [4.78, 5) is 19.2. The molecule has 126 valence electrons. The lowest BCUT2D eigenvalue weighted by Crippen LogP contribution is -2.34. The molecule has 2 aromatic rings. The molecule has 2 heterocycles. The minimum atomic E-state index is 0.0477. The number of hydrogen-bond donors (Lipinski definition) is 0. The normalized spacial score (nSPS) is 18.1. The quantitative estimate of drug-likeness (QED) is 0.770. The Morgan fingerprint density at radius 3 is 2.71 bits per heavy atom. The van der Waals surface area contributed by atoms with Crippen molar-refractivity contribution < 1.29 is 9.53 Å². The maximum absolute atomic E-state index is 13.1. The summed E-state index contributed by atoms with van der Waals surface area (Å²) in [5.41, 5.74) is 1.79. The highest BCUT2D eigenvalue weighted by atomic mass is 79.9. The van der Waals surface area contributed by atoms with Gasteiger partial charge in [0.2, 0.25) is 0 Å². The maximum atomic E-state index is 13.1. The molecule has 1 aromatic heterocycles. The van der Waals surface area contributed by atoms with E-state index in [4.69, 9.17) is 4.74 Å². The molecule has 24 heavy (non-hydrogen) atoms. The lowest BCUT2D eigenvalue weighted by Gasteiger charge is -2.30. The summed E-state index contributed by atoms with van der Waals surface area (Å²) in [5, 5.41) is 0. The molecule has 1 fully saturated rings. The van der Waals surface area contributed by atoms with Gasteiger partial charge in [-0.15, -0.1) is 0 Å². The number of rotatable bonds is 3. The molecular formula is C19H21BrN2O2. The molecule has 1 atom stereocenters. The van der Waals surface area contributed by atoms with Crippen LogP contribution in [-0.4, -0.2) is 29.4 Å². The first-order valence-electron chi connectivity index (χ1n) is 8.24. The Labute approximate surface area is 151 Å². The smallest absolute Gasteiger partial charge is 0.255 e. The first kappa shape index (κ1) is 17.0. The van der Waals surface area contributed by atoms with Crippen LogP contribution < -0.4 is 4.74 Å². The van der Waals surface area contributed by atoms with Crippen LogP contribution in [0.1, 0.15) is 47.6 Å². The van der Waals surface area contributed by atoms with Crippen molar-refractivity contribution in [1.82, 2.24) is 9.88 Å². The fourth-order valence-corrected chi connectivity index (χ4v) is 3.58. The van der Waals surface area contributed by atoms with E-state index in [1.54, 1.807) is 19.5 Å². The predicted octanol–water partition coefficient (Wildman–Crippen LogP) is 4.61. The Morgan fingerprint density at radius 2 is 2.00 bits per heavy atom. The van der Waals surface area contributed by atoms with E-state index < -0.39 is 0 Å². The number of hydrogen-bond acceptors (Lipinski definition) is 3. The molecule has 0 saturated carbocycles. The topological polar surface area (TPSA) is 42.4 Å². The van der Waals surface area contributed by atoms with Gasteiger partial charge in [-0.1, -0.05) is 25.0 Å². The zero-order valence-electron chi connectivity index (χ0n) is 13.7. The second kappa shape index (κ2) is 7.79. The van der Waals surface area contributed by atoms with Crippen molar-refractivity contribution in [1.29, 1.82) is 0 Å². The highest BCUT2D eigenvalue weighted by Gasteiger charge is 2.27. The molecule has 1 saturated heterocycles. The van der Waals surface area contributed by atoms with Crippen molar-refractivity contribution in [3.8, 4) is 5.75 Å². The van der Waals surface area contributed by atoms with Gasteiger partial charge in [-0.05, 0) is 52.5 Å². The molecule has 1 unspecified atom stereocenters. The third-order valence-electron chi connectivity index (χ3n) is 4.47. The van der Waals surface area contributed by atoms with Crippen molar-refractivity contribution in [3.63, 3.8) is 0 Å². The van der Waals surface area contributed by atoms with Crippen LogP contribution in [0.5, 0.6) is 5.75 Å². The summed E-state index contributed by atoms with van der Waals surface area (Å²) in [5.74, 6) is 0.882. The van der Waals surface area contributed by atoms with Crippen LogP contribution in [0.4, 0.5) is 0 Å². The van der Waals surface area contributed by atoms with Crippen LogP contribution in [0, 0.1) is 0 Å². The van der Waals surface area contributed by atoms with Crippen LogP contribution in [0.25, 0.3) is 0 Å². The van der Waals surface area contributed by atoms with E-state index in [1.165, 1.54) is 0 Å². The molecule has 1 amide bonds. The number of carbonyl (C=O) groups is 1. The summed E-state index contributed by atoms with van der Waals surface area (Å²) in [7, 11) is 1.66. The number of aromatic nitrogens is 1. The van der Waals surface area contributed by atoms with Crippen LogP contribution in [-0.2, 0) is 0 Å². The lowest BCUT2D eigenvalue weighted by atomic mass is 10.00. The second-order valence-corrected chi connectivity index (χ2v) is 6.94. The van der Waals surface area contributed by atoms with Gasteiger partial charge < -0.3 is 9.64 Å². The van der Waals surface area contributed by atoms with E-state index in [0.29, 0.717) is 5.56 Å². The van der Waals surface area contributed by atoms with Gasteiger partial charge in [-0.25, -0.2) is 0 Å². The number of halogens is 1. The number of likely N-dealkylation sites (tertiary alicyclic amines) is 1. The van der Waals surface area contributed by atoms with Gasteiger partial charge in [-0.2, -0.15) is 0 Å². The SMILES string of the molecule is COc1ccc(C2CCCCCN2C(=O)c2cncc(Br)c2)cc1. The van der Waals surface area contributed by atoms with Gasteiger partial charge in [0.05, 0.1) is 18.7 Å². The standard InChI is InChI=1S/C19H21BrN2O2/c1-24-17-8-6-14(7-9-17)18-5-3-2-4-10-22(18)19(23)15-11-16(20)13-21-12-15/h6-9,11-13,18H,2-5,10H2,1H3. The highest BCUT2D eigenvalue weighted by Crippen LogP contribution is 2.32. The van der Waals surface area contributed by atoms with E-state index in [2.05, 4.69) is 33.0 Å². The Balaban J connectivity index is 1.90. The predicted molar refractivity (Wildman–Crippen MR) is 97.2 cm³/mol. The molecule has 4 nitrogen and oxygen atoms in total. The van der Waals surface area contributed by atoms with Gasteiger partial charge in [0.1, 0.15) is 5.75 Å². The van der Waals surface area contributed by atoms with E-state index in [1.807, 2.05) is 23.1 Å². The van der Waals surface area contributed by atoms with Gasteiger partial charge in [0, 0.05) is 23.4 Å². The molecule has 0 N–H and O–H groups in total. The summed E-state index contributed by atoms with van der Waals surface area (Å²) in [6.07, 6.45) is 7.66. The van der Waals surface area contributed by atoms with Crippen LogP contribution in [0.15, 0.2) is 47.2 Å². The number of carbonyl (C=O) groups excluding carboxylic acids is 1. The molecule has 1 aliphatic rings. The summed E-state index contributed by atoms with van der Waals surface area (Å²) in [6.45, 7) is 0.780. The van der Waals surface area contributed by atoms with Crippen molar-refractivity contribution in [2.24, 2.45) is 0 Å². The zero-order chi connectivity index (χ0) is 16.9. The van der Waals surface area contributed by atoms with Crippen molar-refractivity contribution in [3.05, 3.63) is 58.3 Å². The molecule has 1 aliphatic heterocycles. The molecule has 1 aromatic carbocycles. The maximum Gasteiger partial charge on any atom is 0.255 e. The van der Waals surface area contributed by atoms with Crippen LogP contribution in [0.2, 0.25) is 0 Å². The number of benzene rings is 1. The van der Waals surface area contributed by atoms with Gasteiger partial charge in [0.15, 0.2) is 0 Å². The minimum Gasteiger partial charge on any atom is -0.497 e. The molecule has 5 heteroatoms. The molecule has 3 rings (SSSR count). The highest BCUT2D eigenvalue weighted by molar-refractivity contribution is 9.10. The minimum absolute atomic E-state index is 0.0477. The summed E-state index contributed by atoms with van der Waals surface area (Å²) < 4.78 is 6.07. The largest absolute Gasteiger partial charge is 0.497 e. The van der Waals surface area contributed by atoms with Crippen molar-refractivity contribution in [2.75, 3.05) is 13.7 Å². The lowest BCUT2D eigenvalue weighted by molar-refractivity contribution is 0.0680. The fraction of sp³-hybridized carbons (Fsp3) is 0.368. The first-order valence-corrected chi connectivity index (χ1v) is 9.04. The van der Waals surface area contributed by atoms with E-state index in [9.17, 15) is 4.79 Å². The molecule has 0 spiro atoms. The number of nitrogens with zero attached hydrogens (tertiary/aromatic N) is 2. The first-order chi connectivity index (χ1) is 11.7. The second-order valence-electron chi connectivity index (χ2n) is 6.03. The van der Waals surface area contributed by atoms with Gasteiger partial charge in [-0.3, -0.25) is 9.78 Å². The van der Waals surface area contributed by atoms with Crippen molar-refractivity contribution in [2.45, 2.75) is 31.7 Å². The monoisotopic (exact) mass is 388 g/mol. The number of methoxy groups -OCH3 is 1. The Hall–Kier alpha value is -1.88.